The van der Waals surface area contributed by atoms with E-state index in [1.807, 2.05) is 0 Å². The van der Waals surface area contributed by atoms with Gasteiger partial charge in [0.2, 0.25) is 0 Å². The molecule has 310 valence electrons. The van der Waals surface area contributed by atoms with Gasteiger partial charge in [0.05, 0.1) is 0 Å². The number of unbranched alkanes of at least 4 members (excludes halogenated alkanes) is 36. The molecule has 0 radical (unpaired) electrons. The normalized spacial score (nSPS) is 12.0. The van der Waals surface area contributed by atoms with Crippen LogP contribution in [0.2, 0.25) is 0 Å². The van der Waals surface area contributed by atoms with Crippen molar-refractivity contribution >= 4 is 11.9 Å². The second-order valence-corrected chi connectivity index (χ2v) is 16.7. The zero-order valence-electron chi connectivity index (χ0n) is 35.7. The van der Waals surface area contributed by atoms with Gasteiger partial charge in [-0.2, -0.15) is 0 Å². The highest BCUT2D eigenvalue weighted by atomic mass is 16.5. The smallest absolute Gasteiger partial charge is 0.306 e. The van der Waals surface area contributed by atoms with Crippen LogP contribution in [0.15, 0.2) is 0 Å². The summed E-state index contributed by atoms with van der Waals surface area (Å²) >= 11 is 0. The Labute approximate surface area is 326 Å². The minimum Gasteiger partial charge on any atom is -0.481 e. The maximum Gasteiger partial charge on any atom is 0.306 e. The molecule has 0 bridgehead atoms. The van der Waals surface area contributed by atoms with Crippen molar-refractivity contribution in [2.45, 2.75) is 296 Å². The molecule has 1 N–H and O–H groups in total. The van der Waals surface area contributed by atoms with Crippen molar-refractivity contribution in [3.8, 4) is 0 Å². The van der Waals surface area contributed by atoms with E-state index < -0.39 is 5.97 Å². The number of esters is 1. The molecule has 1 unspecified atom stereocenters. The zero-order valence-corrected chi connectivity index (χ0v) is 35.7. The number of ether oxygens (including phenoxy) is 1. The third kappa shape index (κ3) is 43.3. The maximum absolute atomic E-state index is 12.7. The lowest BCUT2D eigenvalue weighted by atomic mass is 10.0. The van der Waals surface area contributed by atoms with Gasteiger partial charge in [-0.15, -0.1) is 0 Å². The van der Waals surface area contributed by atoms with Crippen LogP contribution in [0.1, 0.15) is 290 Å². The van der Waals surface area contributed by atoms with Gasteiger partial charge in [0.1, 0.15) is 6.10 Å². The van der Waals surface area contributed by atoms with Gasteiger partial charge in [-0.25, -0.2) is 0 Å². The minimum absolute atomic E-state index is 0.0524. The van der Waals surface area contributed by atoms with Gasteiger partial charge in [-0.1, -0.05) is 239 Å². The Bertz CT molecular complexity index is 706. The van der Waals surface area contributed by atoms with E-state index in [0.29, 0.717) is 12.8 Å². The molecule has 4 nitrogen and oxygen atoms in total. The zero-order chi connectivity index (χ0) is 37.8. The van der Waals surface area contributed by atoms with Crippen molar-refractivity contribution < 1.29 is 19.4 Å². The quantitative estimate of drug-likeness (QED) is 0.0500. The van der Waals surface area contributed by atoms with Gasteiger partial charge < -0.3 is 9.84 Å². The summed E-state index contributed by atoms with van der Waals surface area (Å²) in [5, 5.41) is 8.70. The summed E-state index contributed by atoms with van der Waals surface area (Å²) in [5.74, 6) is -0.612. The summed E-state index contributed by atoms with van der Waals surface area (Å²) in [4.78, 5) is 23.3. The molecule has 0 saturated heterocycles. The second kappa shape index (κ2) is 44.3. The monoisotopic (exact) mass is 735 g/mol. The Morgan fingerprint density at radius 2 is 0.577 bits per heavy atom. The van der Waals surface area contributed by atoms with Crippen molar-refractivity contribution in [3.05, 3.63) is 0 Å². The Kier molecular flexibility index (Phi) is 43.4. The molecular formula is C48H94O4. The lowest BCUT2D eigenvalue weighted by molar-refractivity contribution is -0.150. The predicted octanol–water partition coefficient (Wildman–Crippen LogP) is 16.8. The summed E-state index contributed by atoms with van der Waals surface area (Å²) < 4.78 is 6.06. The number of carbonyl (C=O) groups is 2. The third-order valence-corrected chi connectivity index (χ3v) is 11.3. The fourth-order valence-corrected chi connectivity index (χ4v) is 7.78. The first-order chi connectivity index (χ1) is 25.6. The fourth-order valence-electron chi connectivity index (χ4n) is 7.78. The van der Waals surface area contributed by atoms with Crippen molar-refractivity contribution in [2.24, 2.45) is 0 Å². The van der Waals surface area contributed by atoms with E-state index in [9.17, 15) is 9.59 Å². The van der Waals surface area contributed by atoms with Crippen LogP contribution in [0.3, 0.4) is 0 Å². The van der Waals surface area contributed by atoms with E-state index in [-0.39, 0.29) is 12.1 Å². The lowest BCUT2D eigenvalue weighted by Gasteiger charge is -2.18. The van der Waals surface area contributed by atoms with Crippen LogP contribution in [-0.4, -0.2) is 23.1 Å². The summed E-state index contributed by atoms with van der Waals surface area (Å²) in [7, 11) is 0. The number of hydrogen-bond acceptors (Lipinski definition) is 3. The number of carboxylic acid groups (broad SMARTS) is 1. The standard InChI is InChI=1S/C48H94O4/c1-3-5-7-9-10-11-12-13-14-15-16-17-18-19-20-24-27-30-33-37-41-45-48(51)52-46(42-38-34-8-6-4-2)43-39-35-31-28-25-22-21-23-26-29-32-36-40-44-47(49)50/h46H,3-45H2,1-2H3,(H,49,50). The molecule has 1 atom stereocenters. The molecule has 0 saturated carbocycles. The van der Waals surface area contributed by atoms with Gasteiger partial charge in [-0.05, 0) is 38.5 Å². The SMILES string of the molecule is CCCCCCCCCCCCCCCCCCCCCCCC(=O)OC(CCCCCCC)CCCCCCCCCCCCCCCC(=O)O. The van der Waals surface area contributed by atoms with E-state index in [0.717, 1.165) is 32.1 Å². The summed E-state index contributed by atoms with van der Waals surface area (Å²) in [6.45, 7) is 4.56. The largest absolute Gasteiger partial charge is 0.481 e. The number of rotatable bonds is 45. The number of aliphatic carboxylic acids is 1. The highest BCUT2D eigenvalue weighted by Crippen LogP contribution is 2.20. The van der Waals surface area contributed by atoms with Crippen LogP contribution < -0.4 is 0 Å². The fraction of sp³-hybridized carbons (Fsp3) is 0.958. The molecule has 0 aromatic carbocycles. The Balaban J connectivity index is 3.72. The van der Waals surface area contributed by atoms with Crippen molar-refractivity contribution in [1.29, 1.82) is 0 Å². The minimum atomic E-state index is -0.664. The van der Waals surface area contributed by atoms with Crippen LogP contribution in [0, 0.1) is 0 Å². The number of carboxylic acids is 1. The van der Waals surface area contributed by atoms with Gasteiger partial charge in [-0.3, -0.25) is 9.59 Å². The van der Waals surface area contributed by atoms with Gasteiger partial charge in [0, 0.05) is 12.8 Å². The molecule has 0 amide bonds. The van der Waals surface area contributed by atoms with E-state index >= 15 is 0 Å². The van der Waals surface area contributed by atoms with Crippen LogP contribution in [0.25, 0.3) is 0 Å². The molecule has 0 aliphatic heterocycles. The highest BCUT2D eigenvalue weighted by molar-refractivity contribution is 5.69. The van der Waals surface area contributed by atoms with Crippen LogP contribution in [-0.2, 0) is 14.3 Å². The van der Waals surface area contributed by atoms with E-state index in [4.69, 9.17) is 9.84 Å². The average Bonchev–Trinajstić information content (AvgIpc) is 3.13. The molecule has 0 fully saturated rings. The first kappa shape index (κ1) is 50.9. The maximum atomic E-state index is 12.7. The molecule has 0 rings (SSSR count). The van der Waals surface area contributed by atoms with E-state index in [1.165, 1.54) is 231 Å². The molecule has 0 aromatic rings. The van der Waals surface area contributed by atoms with Gasteiger partial charge >= 0.3 is 11.9 Å². The van der Waals surface area contributed by atoms with Crippen molar-refractivity contribution in [2.75, 3.05) is 0 Å². The topological polar surface area (TPSA) is 63.6 Å². The molecule has 4 heteroatoms. The number of carbonyl (C=O) groups excluding carboxylic acids is 1. The van der Waals surface area contributed by atoms with Crippen LogP contribution in [0.5, 0.6) is 0 Å². The van der Waals surface area contributed by atoms with Crippen molar-refractivity contribution in [1.82, 2.24) is 0 Å². The Morgan fingerprint density at radius 1 is 0.346 bits per heavy atom. The van der Waals surface area contributed by atoms with Gasteiger partial charge in [0.25, 0.3) is 0 Å². The lowest BCUT2D eigenvalue weighted by Crippen LogP contribution is -2.18. The summed E-state index contributed by atoms with van der Waals surface area (Å²) in [5.41, 5.74) is 0. The molecule has 0 spiro atoms. The molecule has 0 aliphatic rings. The first-order valence-electron chi connectivity index (χ1n) is 24.0. The molecule has 52 heavy (non-hydrogen) atoms. The molecular weight excluding hydrogens is 641 g/mol. The molecule has 0 aromatic heterocycles. The molecule has 0 aliphatic carbocycles. The summed E-state index contributed by atoms with van der Waals surface area (Å²) in [6, 6.07) is 0. The second-order valence-electron chi connectivity index (χ2n) is 16.7. The molecule has 0 heterocycles. The van der Waals surface area contributed by atoms with Crippen molar-refractivity contribution in [3.63, 3.8) is 0 Å². The first-order valence-corrected chi connectivity index (χ1v) is 24.0. The van der Waals surface area contributed by atoms with Crippen LogP contribution in [0.4, 0.5) is 0 Å². The summed E-state index contributed by atoms with van der Waals surface area (Å²) in [6.07, 6.45) is 54.7. The average molecular weight is 735 g/mol. The predicted molar refractivity (Wildman–Crippen MR) is 227 cm³/mol. The van der Waals surface area contributed by atoms with Crippen LogP contribution >= 0.6 is 0 Å². The Morgan fingerprint density at radius 3 is 0.846 bits per heavy atom. The van der Waals surface area contributed by atoms with E-state index in [1.54, 1.807) is 0 Å². The third-order valence-electron chi connectivity index (χ3n) is 11.3. The Hall–Kier alpha value is -1.06. The highest BCUT2D eigenvalue weighted by Gasteiger charge is 2.14. The van der Waals surface area contributed by atoms with E-state index in [2.05, 4.69) is 13.8 Å². The number of hydrogen-bond donors (Lipinski definition) is 1. The van der Waals surface area contributed by atoms with Gasteiger partial charge in [0.15, 0.2) is 0 Å².